The van der Waals surface area contributed by atoms with E-state index < -0.39 is 49.2 Å². The molecular weight excluding hydrogens is 546 g/mol. The van der Waals surface area contributed by atoms with Gasteiger partial charge in [0.1, 0.15) is 36.3 Å². The third kappa shape index (κ3) is 10.1. The minimum Gasteiger partial charge on any atom is -0.394 e. The quantitative estimate of drug-likeness (QED) is 0.113. The number of aliphatic hydroxyl groups excluding tert-OH is 4. The lowest BCUT2D eigenvalue weighted by molar-refractivity contribution is -0.204. The second-order valence-electron chi connectivity index (χ2n) is 11.4. The molecule has 0 bridgehead atoms. The third-order valence-electron chi connectivity index (χ3n) is 7.46. The number of H-pyrrole nitrogens is 1. The van der Waals surface area contributed by atoms with Crippen molar-refractivity contribution in [3.05, 3.63) is 12.7 Å². The van der Waals surface area contributed by atoms with Crippen LogP contribution in [0.25, 0.3) is 11.2 Å². The van der Waals surface area contributed by atoms with E-state index in [2.05, 4.69) is 49.7 Å². The van der Waals surface area contributed by atoms with Gasteiger partial charge in [-0.2, -0.15) is 0 Å². The molecule has 0 spiro atoms. The highest BCUT2D eigenvalue weighted by Gasteiger charge is 2.48. The van der Waals surface area contributed by atoms with Crippen LogP contribution in [0.15, 0.2) is 12.7 Å². The molecule has 2 amide bonds. The number of aromatic nitrogens is 4. The van der Waals surface area contributed by atoms with Crippen LogP contribution in [0.5, 0.6) is 0 Å². The molecule has 1 saturated heterocycles. The van der Waals surface area contributed by atoms with E-state index in [4.69, 9.17) is 4.74 Å². The number of unbranched alkanes of at least 4 members (excludes halogenated alkanes) is 7. The van der Waals surface area contributed by atoms with Gasteiger partial charge in [0, 0.05) is 6.42 Å². The van der Waals surface area contributed by atoms with Gasteiger partial charge in [-0.3, -0.25) is 9.59 Å². The van der Waals surface area contributed by atoms with Crippen molar-refractivity contribution in [1.82, 2.24) is 30.6 Å². The average molecular weight is 594 g/mol. The van der Waals surface area contributed by atoms with Crippen molar-refractivity contribution in [1.29, 1.82) is 0 Å². The first-order chi connectivity index (χ1) is 20.2. The van der Waals surface area contributed by atoms with Crippen LogP contribution in [-0.2, 0) is 14.3 Å². The van der Waals surface area contributed by atoms with Gasteiger partial charge in [-0.15, -0.1) is 0 Å². The van der Waals surface area contributed by atoms with Crippen molar-refractivity contribution in [2.24, 2.45) is 5.92 Å². The summed E-state index contributed by atoms with van der Waals surface area (Å²) in [5.41, 5.74) is 0.793. The molecule has 8 N–H and O–H groups in total. The first-order valence-corrected chi connectivity index (χ1v) is 15.0. The summed E-state index contributed by atoms with van der Waals surface area (Å²) in [6.07, 6.45) is 6.04. The summed E-state index contributed by atoms with van der Waals surface area (Å²) in [5, 5.41) is 49.5. The number of ether oxygens (including phenoxy) is 1. The average Bonchev–Trinajstić information content (AvgIpc) is 3.46. The normalized spacial score (nSPS) is 23.2. The minimum absolute atomic E-state index is 0.230. The largest absolute Gasteiger partial charge is 0.394 e. The minimum atomic E-state index is -1.59. The monoisotopic (exact) mass is 593 g/mol. The molecule has 1 fully saturated rings. The summed E-state index contributed by atoms with van der Waals surface area (Å²) in [6.45, 7) is 3.43. The molecule has 2 aromatic rings. The first kappa shape index (κ1) is 33.6. The molecule has 0 aromatic carbocycles. The Bertz CT molecular complexity index is 1100. The van der Waals surface area contributed by atoms with E-state index in [1.54, 1.807) is 0 Å². The summed E-state index contributed by atoms with van der Waals surface area (Å²) < 4.78 is 5.78. The zero-order valence-corrected chi connectivity index (χ0v) is 24.5. The van der Waals surface area contributed by atoms with Gasteiger partial charge in [0.15, 0.2) is 17.7 Å². The molecular formula is C28H47N7O7. The molecule has 1 aliphatic rings. The van der Waals surface area contributed by atoms with Crippen molar-refractivity contribution < 1.29 is 34.8 Å². The lowest BCUT2D eigenvalue weighted by atomic mass is 9.92. The molecule has 6 atom stereocenters. The maximum atomic E-state index is 12.6. The summed E-state index contributed by atoms with van der Waals surface area (Å²) in [5.74, 6) is 0.0943. The number of hydrogen-bond acceptors (Lipinski definition) is 11. The highest BCUT2D eigenvalue weighted by Crippen LogP contribution is 2.26. The molecule has 0 aliphatic carbocycles. The SMILES string of the molecule is CC(C)CCCCCCCCCCC(=O)NCC(=O)NC1C(O)C(O)C(Nc2ncnc3nc[nH]c23)OC1C(O)CO. The molecule has 42 heavy (non-hydrogen) atoms. The Labute approximate surface area is 246 Å². The molecule has 236 valence electrons. The predicted molar refractivity (Wildman–Crippen MR) is 155 cm³/mol. The van der Waals surface area contributed by atoms with Gasteiger partial charge in [0.05, 0.1) is 25.5 Å². The highest BCUT2D eigenvalue weighted by atomic mass is 16.5. The lowest BCUT2D eigenvalue weighted by Crippen LogP contribution is -2.68. The standard InChI is InChI=1S/C28H47N7O7/c1-17(2)11-9-7-5-3-4-6-8-10-12-19(38)29-13-20(39)34-21-23(40)24(41)28(42-25(21)18(37)14-36)35-27-22-26(31-15-30-22)32-16-33-27/h15-18,21,23-25,28,36-37,40-41H,3-14H2,1-2H3,(H,29,38)(H,34,39)(H2,30,31,32,33,35). The molecule has 14 nitrogen and oxygen atoms in total. The Morgan fingerprint density at radius 1 is 0.976 bits per heavy atom. The van der Waals surface area contributed by atoms with E-state index in [0.717, 1.165) is 31.6 Å². The number of imidazole rings is 1. The number of anilines is 1. The maximum Gasteiger partial charge on any atom is 0.239 e. The van der Waals surface area contributed by atoms with Crippen LogP contribution in [0, 0.1) is 5.92 Å². The van der Waals surface area contributed by atoms with E-state index in [0.29, 0.717) is 17.6 Å². The van der Waals surface area contributed by atoms with Crippen molar-refractivity contribution in [3.8, 4) is 0 Å². The Balaban J connectivity index is 1.41. The molecule has 2 aromatic heterocycles. The molecule has 6 unspecified atom stereocenters. The lowest BCUT2D eigenvalue weighted by Gasteiger charge is -2.44. The zero-order valence-electron chi connectivity index (χ0n) is 24.5. The summed E-state index contributed by atoms with van der Waals surface area (Å²) in [7, 11) is 0. The van der Waals surface area contributed by atoms with Gasteiger partial charge >= 0.3 is 0 Å². The fraction of sp³-hybridized carbons (Fsp3) is 0.750. The number of hydrogen-bond donors (Lipinski definition) is 8. The van der Waals surface area contributed by atoms with Gasteiger partial charge in [0.25, 0.3) is 0 Å². The van der Waals surface area contributed by atoms with Crippen molar-refractivity contribution in [3.63, 3.8) is 0 Å². The van der Waals surface area contributed by atoms with E-state index in [9.17, 15) is 30.0 Å². The van der Waals surface area contributed by atoms with Crippen LogP contribution < -0.4 is 16.0 Å². The Morgan fingerprint density at radius 2 is 1.67 bits per heavy atom. The number of aromatic amines is 1. The van der Waals surface area contributed by atoms with Crippen LogP contribution in [-0.4, -0.2) is 102 Å². The smallest absolute Gasteiger partial charge is 0.239 e. The number of amides is 2. The Hall–Kier alpha value is -2.91. The van der Waals surface area contributed by atoms with Crippen molar-refractivity contribution in [2.45, 2.75) is 115 Å². The highest BCUT2D eigenvalue weighted by molar-refractivity contribution is 5.85. The first-order valence-electron chi connectivity index (χ1n) is 15.0. The zero-order chi connectivity index (χ0) is 30.5. The second kappa shape index (κ2) is 17.3. The number of fused-ring (bicyclic) bond motifs is 1. The fourth-order valence-electron chi connectivity index (χ4n) is 5.05. The summed E-state index contributed by atoms with van der Waals surface area (Å²) >= 11 is 0. The van der Waals surface area contributed by atoms with Crippen LogP contribution in [0.3, 0.4) is 0 Å². The molecule has 14 heteroatoms. The fourth-order valence-corrected chi connectivity index (χ4v) is 5.05. The molecule has 0 radical (unpaired) electrons. The second-order valence-corrected chi connectivity index (χ2v) is 11.4. The maximum absolute atomic E-state index is 12.6. The number of nitrogens with zero attached hydrogens (tertiary/aromatic N) is 3. The van der Waals surface area contributed by atoms with Crippen LogP contribution in [0.2, 0.25) is 0 Å². The van der Waals surface area contributed by atoms with Crippen molar-refractivity contribution in [2.75, 3.05) is 18.5 Å². The van der Waals surface area contributed by atoms with Gasteiger partial charge < -0.3 is 46.1 Å². The van der Waals surface area contributed by atoms with Crippen LogP contribution in [0.4, 0.5) is 5.82 Å². The third-order valence-corrected chi connectivity index (χ3v) is 7.46. The number of carbonyl (C=O) groups is 2. The van der Waals surface area contributed by atoms with Crippen molar-refractivity contribution >= 4 is 28.8 Å². The Morgan fingerprint density at radius 3 is 2.36 bits per heavy atom. The van der Waals surface area contributed by atoms with Gasteiger partial charge in [-0.1, -0.05) is 65.2 Å². The topological polar surface area (TPSA) is 215 Å². The predicted octanol–water partition coefficient (Wildman–Crippen LogP) is 0.723. The number of carbonyl (C=O) groups excluding carboxylic acids is 2. The van der Waals surface area contributed by atoms with E-state index in [-0.39, 0.29) is 18.3 Å². The summed E-state index contributed by atoms with van der Waals surface area (Å²) in [6, 6.07) is -1.27. The molecule has 3 heterocycles. The van der Waals surface area contributed by atoms with Gasteiger partial charge in [-0.05, 0) is 12.3 Å². The summed E-state index contributed by atoms with van der Waals surface area (Å²) in [4.78, 5) is 39.8. The van der Waals surface area contributed by atoms with E-state index in [1.165, 1.54) is 44.8 Å². The van der Waals surface area contributed by atoms with Crippen LogP contribution >= 0.6 is 0 Å². The Kier molecular flexibility index (Phi) is 13.8. The number of aliphatic hydroxyl groups is 4. The van der Waals surface area contributed by atoms with Gasteiger partial charge in [-0.25, -0.2) is 15.0 Å². The van der Waals surface area contributed by atoms with E-state index >= 15 is 0 Å². The molecule has 0 saturated carbocycles. The van der Waals surface area contributed by atoms with Gasteiger partial charge in [0.2, 0.25) is 11.8 Å². The molecule has 3 rings (SSSR count). The number of rotatable bonds is 18. The molecule has 1 aliphatic heterocycles. The van der Waals surface area contributed by atoms with Crippen LogP contribution in [0.1, 0.15) is 78.1 Å². The van der Waals surface area contributed by atoms with E-state index in [1.807, 2.05) is 0 Å². The number of nitrogens with one attached hydrogen (secondary N) is 4.